The van der Waals surface area contributed by atoms with Gasteiger partial charge in [-0.2, -0.15) is 0 Å². The lowest BCUT2D eigenvalue weighted by atomic mass is 10.0. The van der Waals surface area contributed by atoms with Crippen molar-refractivity contribution in [3.8, 4) is 0 Å². The van der Waals surface area contributed by atoms with E-state index in [0.717, 1.165) is 17.7 Å². The third-order valence-corrected chi connectivity index (χ3v) is 3.80. The number of nitrogens with one attached hydrogen (secondary N) is 1. The number of hydrogen-bond donors (Lipinski definition) is 2. The number of aliphatic hydroxyl groups excluding tert-OH is 1. The molecule has 116 valence electrons. The third-order valence-electron chi connectivity index (χ3n) is 3.80. The van der Waals surface area contributed by atoms with E-state index in [4.69, 9.17) is 0 Å². The van der Waals surface area contributed by atoms with Gasteiger partial charge in [-0.05, 0) is 43.0 Å². The van der Waals surface area contributed by atoms with E-state index in [1.165, 1.54) is 24.0 Å². The van der Waals surface area contributed by atoms with E-state index in [9.17, 15) is 5.11 Å². The predicted molar refractivity (Wildman–Crippen MR) is 94.0 cm³/mol. The van der Waals surface area contributed by atoms with Gasteiger partial charge < -0.3 is 10.4 Å². The van der Waals surface area contributed by atoms with Crippen LogP contribution in [0.4, 0.5) is 5.69 Å². The second-order valence-corrected chi connectivity index (χ2v) is 5.76. The summed E-state index contributed by atoms with van der Waals surface area (Å²) >= 11 is 0. The second-order valence-electron chi connectivity index (χ2n) is 5.76. The van der Waals surface area contributed by atoms with E-state index in [-0.39, 0.29) is 0 Å². The fraction of sp³-hybridized carbons (Fsp3) is 0.300. The molecule has 0 amide bonds. The average molecular weight is 295 g/mol. The van der Waals surface area contributed by atoms with Gasteiger partial charge in [-0.3, -0.25) is 0 Å². The number of benzene rings is 2. The van der Waals surface area contributed by atoms with E-state index >= 15 is 0 Å². The molecular formula is C20H25NO. The fourth-order valence-electron chi connectivity index (χ4n) is 2.34. The Morgan fingerprint density at radius 1 is 1.09 bits per heavy atom. The summed E-state index contributed by atoms with van der Waals surface area (Å²) in [6, 6.07) is 16.2. The predicted octanol–water partition coefficient (Wildman–Crippen LogP) is 5.00. The second kappa shape index (κ2) is 7.81. The molecule has 0 fully saturated rings. The first-order valence-corrected chi connectivity index (χ1v) is 7.89. The molecule has 0 aliphatic carbocycles. The monoisotopic (exact) mass is 295 g/mol. The minimum Gasteiger partial charge on any atom is -0.382 e. The van der Waals surface area contributed by atoms with Crippen molar-refractivity contribution in [2.75, 3.05) is 5.32 Å². The van der Waals surface area contributed by atoms with Gasteiger partial charge in [-0.15, -0.1) is 0 Å². The van der Waals surface area contributed by atoms with Gasteiger partial charge in [0.2, 0.25) is 0 Å². The minimum absolute atomic E-state index is 0.588. The number of hydrogen-bond acceptors (Lipinski definition) is 2. The van der Waals surface area contributed by atoms with E-state index in [1.807, 2.05) is 43.3 Å². The molecule has 2 aromatic rings. The van der Waals surface area contributed by atoms with Gasteiger partial charge in [0.15, 0.2) is 0 Å². The number of anilines is 1. The zero-order valence-corrected chi connectivity index (χ0v) is 13.5. The van der Waals surface area contributed by atoms with Gasteiger partial charge in [-0.25, -0.2) is 0 Å². The largest absolute Gasteiger partial charge is 0.382 e. The molecule has 0 saturated heterocycles. The maximum absolute atomic E-state index is 10.3. The van der Waals surface area contributed by atoms with Crippen molar-refractivity contribution in [3.63, 3.8) is 0 Å². The molecule has 0 aliphatic heterocycles. The summed E-state index contributed by atoms with van der Waals surface area (Å²) in [6.45, 7) is 8.19. The van der Waals surface area contributed by atoms with E-state index in [1.54, 1.807) is 0 Å². The summed E-state index contributed by atoms with van der Waals surface area (Å²) in [5.41, 5.74) is 4.92. The highest BCUT2D eigenvalue weighted by Gasteiger charge is 2.11. The quantitative estimate of drug-likeness (QED) is 0.753. The smallest absolute Gasteiger partial charge is 0.118 e. The first-order chi connectivity index (χ1) is 10.6. The molecule has 2 aromatic carbocycles. The van der Waals surface area contributed by atoms with Crippen molar-refractivity contribution in [2.45, 2.75) is 39.2 Å². The minimum atomic E-state index is -0.708. The molecule has 0 heterocycles. The van der Waals surface area contributed by atoms with E-state index in [0.29, 0.717) is 5.70 Å². The van der Waals surface area contributed by atoms with Crippen molar-refractivity contribution in [3.05, 3.63) is 77.5 Å². The van der Waals surface area contributed by atoms with Crippen LogP contribution in [0.5, 0.6) is 0 Å². The Hall–Kier alpha value is -2.06. The topological polar surface area (TPSA) is 32.3 Å². The van der Waals surface area contributed by atoms with Crippen LogP contribution in [0.2, 0.25) is 0 Å². The molecule has 1 unspecified atom stereocenters. The van der Waals surface area contributed by atoms with Gasteiger partial charge in [0.05, 0.1) is 0 Å². The first-order valence-electron chi connectivity index (χ1n) is 7.89. The summed E-state index contributed by atoms with van der Waals surface area (Å²) in [6.07, 6.45) is 2.83. The molecule has 2 heteroatoms. The van der Waals surface area contributed by atoms with Gasteiger partial charge in [-0.1, -0.05) is 61.9 Å². The molecule has 2 N–H and O–H groups in total. The van der Waals surface area contributed by atoms with Gasteiger partial charge >= 0.3 is 0 Å². The number of aliphatic hydroxyl groups is 1. The van der Waals surface area contributed by atoms with Crippen LogP contribution in [0.15, 0.2) is 60.8 Å². The Bertz CT molecular complexity index is 599. The Morgan fingerprint density at radius 2 is 1.73 bits per heavy atom. The van der Waals surface area contributed by atoms with Crippen molar-refractivity contribution < 1.29 is 5.11 Å². The standard InChI is InChI=1S/C20H25NO/c1-4-5-6-17-9-13-19(14-10-17)21-16(3)20(22)18-11-7-15(2)8-12-18/h7-14,20-22H,3-6H2,1-2H3. The SMILES string of the molecule is C=C(Nc1ccc(CCCC)cc1)C(O)c1ccc(C)cc1. The van der Waals surface area contributed by atoms with Gasteiger partial charge in [0, 0.05) is 11.4 Å². The molecule has 0 radical (unpaired) electrons. The molecule has 2 nitrogen and oxygen atoms in total. The normalized spacial score (nSPS) is 12.0. The molecule has 2 rings (SSSR count). The molecule has 22 heavy (non-hydrogen) atoms. The zero-order valence-electron chi connectivity index (χ0n) is 13.5. The molecular weight excluding hydrogens is 270 g/mol. The lowest BCUT2D eigenvalue weighted by Crippen LogP contribution is -2.09. The average Bonchev–Trinajstić information content (AvgIpc) is 2.54. The summed E-state index contributed by atoms with van der Waals surface area (Å²) in [4.78, 5) is 0. The summed E-state index contributed by atoms with van der Waals surface area (Å²) in [5, 5.41) is 13.5. The van der Waals surface area contributed by atoms with Crippen LogP contribution in [0.1, 0.15) is 42.6 Å². The van der Waals surface area contributed by atoms with Crippen LogP contribution < -0.4 is 5.32 Å². The van der Waals surface area contributed by atoms with Crippen LogP contribution in [-0.4, -0.2) is 5.11 Å². The van der Waals surface area contributed by atoms with Crippen molar-refractivity contribution >= 4 is 5.69 Å². The van der Waals surface area contributed by atoms with Crippen LogP contribution in [0.3, 0.4) is 0 Å². The lowest BCUT2D eigenvalue weighted by Gasteiger charge is -2.17. The summed E-state index contributed by atoms with van der Waals surface area (Å²) < 4.78 is 0. The first kappa shape index (κ1) is 16.3. The summed E-state index contributed by atoms with van der Waals surface area (Å²) in [5.74, 6) is 0. The third kappa shape index (κ3) is 4.47. The molecule has 0 saturated carbocycles. The summed E-state index contributed by atoms with van der Waals surface area (Å²) in [7, 11) is 0. The van der Waals surface area contributed by atoms with E-state index < -0.39 is 6.10 Å². The molecule has 0 spiro atoms. The molecule has 0 bridgehead atoms. The van der Waals surface area contributed by atoms with Crippen LogP contribution in [-0.2, 0) is 6.42 Å². The van der Waals surface area contributed by atoms with Crippen LogP contribution in [0, 0.1) is 6.92 Å². The molecule has 1 atom stereocenters. The van der Waals surface area contributed by atoms with Gasteiger partial charge in [0.25, 0.3) is 0 Å². The van der Waals surface area contributed by atoms with Crippen molar-refractivity contribution in [1.29, 1.82) is 0 Å². The van der Waals surface area contributed by atoms with Crippen molar-refractivity contribution in [1.82, 2.24) is 0 Å². The number of unbranched alkanes of at least 4 members (excludes halogenated alkanes) is 1. The van der Waals surface area contributed by atoms with E-state index in [2.05, 4.69) is 31.0 Å². The van der Waals surface area contributed by atoms with Crippen LogP contribution in [0.25, 0.3) is 0 Å². The maximum Gasteiger partial charge on any atom is 0.118 e. The highest BCUT2D eigenvalue weighted by Crippen LogP contribution is 2.23. The Kier molecular flexibility index (Phi) is 5.79. The Balaban J connectivity index is 1.97. The molecule has 0 aliphatic rings. The fourth-order valence-corrected chi connectivity index (χ4v) is 2.34. The highest BCUT2D eigenvalue weighted by atomic mass is 16.3. The van der Waals surface area contributed by atoms with Crippen molar-refractivity contribution in [2.24, 2.45) is 0 Å². The Labute approximate surface area is 133 Å². The maximum atomic E-state index is 10.3. The van der Waals surface area contributed by atoms with Gasteiger partial charge in [0.1, 0.15) is 6.10 Å². The Morgan fingerprint density at radius 3 is 2.32 bits per heavy atom. The highest BCUT2D eigenvalue weighted by molar-refractivity contribution is 5.50. The van der Waals surface area contributed by atoms with Crippen LogP contribution >= 0.6 is 0 Å². The molecule has 0 aromatic heterocycles. The number of aryl methyl sites for hydroxylation is 2. The number of rotatable bonds is 7. The zero-order chi connectivity index (χ0) is 15.9. The lowest BCUT2D eigenvalue weighted by molar-refractivity contribution is 0.217.